The highest BCUT2D eigenvalue weighted by Crippen LogP contribution is 2.38. The lowest BCUT2D eigenvalue weighted by Crippen LogP contribution is -2.35. The van der Waals surface area contributed by atoms with Crippen LogP contribution in [0.25, 0.3) is 11.1 Å². The van der Waals surface area contributed by atoms with E-state index >= 15 is 0 Å². The van der Waals surface area contributed by atoms with Gasteiger partial charge in [0.25, 0.3) is 0 Å². The van der Waals surface area contributed by atoms with Crippen LogP contribution in [0.3, 0.4) is 0 Å². The summed E-state index contributed by atoms with van der Waals surface area (Å²) in [4.78, 5) is 12.5. The number of benzene rings is 3. The average Bonchev–Trinajstić information content (AvgIpc) is 3.16. The Morgan fingerprint density at radius 3 is 2.43 bits per heavy atom. The third-order valence-corrected chi connectivity index (χ3v) is 6.29. The molecule has 4 rings (SSSR count). The monoisotopic (exact) mass is 421 g/mol. The topological polar surface area (TPSA) is 72.5 Å². The number of ether oxygens (including phenoxy) is 1. The van der Waals surface area contributed by atoms with Crippen molar-refractivity contribution >= 4 is 15.7 Å². The fourth-order valence-electron chi connectivity index (χ4n) is 3.63. The van der Waals surface area contributed by atoms with Gasteiger partial charge in [-0.05, 0) is 28.8 Å². The zero-order valence-corrected chi connectivity index (χ0v) is 17.5. The summed E-state index contributed by atoms with van der Waals surface area (Å²) in [5, 5.41) is 2.96. The number of amides is 1. The molecular weight excluding hydrogens is 398 g/mol. The van der Waals surface area contributed by atoms with E-state index in [1.165, 1.54) is 6.26 Å². The van der Waals surface area contributed by atoms with E-state index in [1.807, 2.05) is 48.5 Å². The second kappa shape index (κ2) is 8.32. The number of nitrogens with one attached hydrogen (secondary N) is 1. The molecule has 30 heavy (non-hydrogen) atoms. The molecule has 0 fully saturated rings. The third kappa shape index (κ3) is 4.54. The van der Waals surface area contributed by atoms with Gasteiger partial charge < -0.3 is 10.1 Å². The molecule has 5 nitrogen and oxygen atoms in total. The first kappa shape index (κ1) is 20.2. The lowest BCUT2D eigenvalue weighted by Gasteiger charge is -2.14. The predicted molar refractivity (Wildman–Crippen MR) is 116 cm³/mol. The van der Waals surface area contributed by atoms with E-state index in [0.29, 0.717) is 17.9 Å². The number of para-hydroxylation sites is 1. The maximum absolute atomic E-state index is 12.2. The fraction of sp³-hybridized carbons (Fsp3) is 0.208. The van der Waals surface area contributed by atoms with Gasteiger partial charge in [-0.15, -0.1) is 0 Å². The first-order valence-corrected chi connectivity index (χ1v) is 11.7. The van der Waals surface area contributed by atoms with Gasteiger partial charge in [0.15, 0.2) is 9.84 Å². The van der Waals surface area contributed by atoms with E-state index in [1.54, 1.807) is 24.3 Å². The van der Waals surface area contributed by atoms with E-state index in [-0.39, 0.29) is 12.0 Å². The van der Waals surface area contributed by atoms with Crippen LogP contribution in [0.2, 0.25) is 0 Å². The molecule has 0 radical (unpaired) electrons. The van der Waals surface area contributed by atoms with Crippen molar-refractivity contribution in [2.24, 2.45) is 0 Å². The summed E-state index contributed by atoms with van der Waals surface area (Å²) >= 11 is 0. The highest BCUT2D eigenvalue weighted by atomic mass is 32.2. The zero-order chi connectivity index (χ0) is 21.1. The molecule has 3 aromatic carbocycles. The van der Waals surface area contributed by atoms with Crippen molar-refractivity contribution in [3.05, 3.63) is 83.9 Å². The van der Waals surface area contributed by atoms with E-state index in [9.17, 15) is 13.2 Å². The molecule has 1 unspecified atom stereocenters. The van der Waals surface area contributed by atoms with Crippen molar-refractivity contribution in [1.82, 2.24) is 5.32 Å². The maximum atomic E-state index is 12.2. The Morgan fingerprint density at radius 2 is 1.73 bits per heavy atom. The van der Waals surface area contributed by atoms with Crippen LogP contribution in [0.4, 0.5) is 0 Å². The minimum Gasteiger partial charge on any atom is -0.487 e. The van der Waals surface area contributed by atoms with Crippen molar-refractivity contribution in [3.63, 3.8) is 0 Å². The van der Waals surface area contributed by atoms with Crippen LogP contribution >= 0.6 is 0 Å². The summed E-state index contributed by atoms with van der Waals surface area (Å²) < 4.78 is 29.5. The van der Waals surface area contributed by atoms with Crippen LogP contribution in [0.15, 0.2) is 77.7 Å². The van der Waals surface area contributed by atoms with Crippen LogP contribution in [0.1, 0.15) is 11.1 Å². The number of hydrogen-bond donors (Lipinski definition) is 1. The Balaban J connectivity index is 1.43. The number of fused-ring (bicyclic) bond motifs is 1. The lowest BCUT2D eigenvalue weighted by molar-refractivity contribution is -0.120. The molecule has 0 bridgehead atoms. The molecule has 154 valence electrons. The second-order valence-electron chi connectivity index (χ2n) is 7.50. The minimum absolute atomic E-state index is 0.0302. The molecule has 1 aliphatic heterocycles. The number of carbonyl (C=O) groups is 1. The summed E-state index contributed by atoms with van der Waals surface area (Å²) in [6.45, 7) is 0.437. The summed E-state index contributed by atoms with van der Waals surface area (Å²) in [7, 11) is -3.23. The van der Waals surface area contributed by atoms with Crippen molar-refractivity contribution in [2.45, 2.75) is 23.8 Å². The molecule has 0 aromatic heterocycles. The van der Waals surface area contributed by atoms with Crippen molar-refractivity contribution in [3.8, 4) is 16.9 Å². The summed E-state index contributed by atoms with van der Waals surface area (Å²) in [6, 6.07) is 22.4. The summed E-state index contributed by atoms with van der Waals surface area (Å²) in [5.41, 5.74) is 3.88. The van der Waals surface area contributed by atoms with Crippen LogP contribution in [-0.2, 0) is 27.5 Å². The Morgan fingerprint density at radius 1 is 1.00 bits per heavy atom. The number of carbonyl (C=O) groups excluding carboxylic acids is 1. The number of rotatable bonds is 6. The first-order valence-electron chi connectivity index (χ1n) is 9.80. The van der Waals surface area contributed by atoms with Gasteiger partial charge >= 0.3 is 0 Å². The Bertz CT molecular complexity index is 1160. The Hall–Kier alpha value is -3.12. The maximum Gasteiger partial charge on any atom is 0.224 e. The van der Waals surface area contributed by atoms with Gasteiger partial charge in [0.1, 0.15) is 11.9 Å². The molecule has 1 aliphatic rings. The minimum atomic E-state index is -3.23. The van der Waals surface area contributed by atoms with Gasteiger partial charge in [0.05, 0.1) is 17.9 Å². The highest BCUT2D eigenvalue weighted by Gasteiger charge is 2.26. The molecule has 1 atom stereocenters. The van der Waals surface area contributed by atoms with Crippen LogP contribution in [0, 0.1) is 0 Å². The fourth-order valence-corrected chi connectivity index (χ4v) is 4.26. The largest absolute Gasteiger partial charge is 0.487 e. The van der Waals surface area contributed by atoms with Crippen molar-refractivity contribution in [2.75, 3.05) is 12.8 Å². The van der Waals surface area contributed by atoms with Crippen molar-refractivity contribution in [1.29, 1.82) is 0 Å². The SMILES string of the molecule is CS(=O)(=O)c1ccc(-c2cccc3c2OC(CNC(=O)Cc2ccccc2)C3)cc1. The normalized spacial score (nSPS) is 15.3. The summed E-state index contributed by atoms with van der Waals surface area (Å²) in [5.74, 6) is 0.768. The van der Waals surface area contributed by atoms with E-state index in [0.717, 1.165) is 34.4 Å². The smallest absolute Gasteiger partial charge is 0.224 e. The molecule has 0 saturated heterocycles. The molecule has 1 heterocycles. The predicted octanol–water partition coefficient (Wildman–Crippen LogP) is 3.42. The highest BCUT2D eigenvalue weighted by molar-refractivity contribution is 7.90. The molecule has 6 heteroatoms. The van der Waals surface area contributed by atoms with E-state index < -0.39 is 9.84 Å². The Kier molecular flexibility index (Phi) is 5.59. The van der Waals surface area contributed by atoms with E-state index in [4.69, 9.17) is 4.74 Å². The number of hydrogen-bond acceptors (Lipinski definition) is 4. The molecular formula is C24H23NO4S. The molecule has 0 spiro atoms. The quantitative estimate of drug-likeness (QED) is 0.662. The zero-order valence-electron chi connectivity index (χ0n) is 16.7. The van der Waals surface area contributed by atoms with Gasteiger partial charge in [-0.25, -0.2) is 8.42 Å². The van der Waals surface area contributed by atoms with Gasteiger partial charge in [0.2, 0.25) is 5.91 Å². The molecule has 1 N–H and O–H groups in total. The third-order valence-electron chi connectivity index (χ3n) is 5.16. The van der Waals surface area contributed by atoms with Crippen molar-refractivity contribution < 1.29 is 17.9 Å². The summed E-state index contributed by atoms with van der Waals surface area (Å²) in [6.07, 6.45) is 2.13. The Labute approximate surface area is 176 Å². The van der Waals surface area contributed by atoms with Gasteiger partial charge in [-0.1, -0.05) is 60.7 Å². The number of sulfone groups is 1. The van der Waals surface area contributed by atoms with Gasteiger partial charge in [-0.2, -0.15) is 0 Å². The van der Waals surface area contributed by atoms with E-state index in [2.05, 4.69) is 5.32 Å². The van der Waals surface area contributed by atoms with Gasteiger partial charge in [0, 0.05) is 18.2 Å². The second-order valence-corrected chi connectivity index (χ2v) is 9.52. The van der Waals surface area contributed by atoms with Crippen LogP contribution in [-0.4, -0.2) is 33.2 Å². The molecule has 1 amide bonds. The van der Waals surface area contributed by atoms with Gasteiger partial charge in [-0.3, -0.25) is 4.79 Å². The van der Waals surface area contributed by atoms with Crippen LogP contribution in [0.5, 0.6) is 5.75 Å². The molecule has 0 saturated carbocycles. The standard InChI is InChI=1S/C24H23NO4S/c1-30(27,28)21-12-10-18(11-13-21)22-9-5-8-19-15-20(29-24(19)22)16-25-23(26)14-17-6-3-2-4-7-17/h2-13,20H,14-16H2,1H3,(H,25,26). The average molecular weight is 422 g/mol. The molecule has 0 aliphatic carbocycles. The molecule has 3 aromatic rings. The first-order chi connectivity index (χ1) is 14.4. The lowest BCUT2D eigenvalue weighted by atomic mass is 10.0. The van der Waals surface area contributed by atoms with Crippen LogP contribution < -0.4 is 10.1 Å².